The Balaban J connectivity index is 1.76. The Morgan fingerprint density at radius 3 is 2.45 bits per heavy atom. The lowest BCUT2D eigenvalue weighted by Crippen LogP contribution is -2.40. The van der Waals surface area contributed by atoms with Crippen LogP contribution < -0.4 is 10.2 Å². The second-order valence-electron chi connectivity index (χ2n) is 8.74. The number of sulfonamides is 1. The van der Waals surface area contributed by atoms with Crippen molar-refractivity contribution in [1.82, 2.24) is 14.5 Å². The smallest absolute Gasteiger partial charge is 0.253 e. The Labute approximate surface area is 186 Å². The molecule has 1 unspecified atom stereocenters. The van der Waals surface area contributed by atoms with Crippen LogP contribution >= 0.6 is 0 Å². The maximum atomic E-state index is 13.2. The molecule has 0 bridgehead atoms. The lowest BCUT2D eigenvalue weighted by molar-refractivity contribution is 0.0941. The van der Waals surface area contributed by atoms with E-state index in [0.717, 1.165) is 25.3 Å². The number of nitrogens with zero attached hydrogens (tertiary/aromatic N) is 3. The van der Waals surface area contributed by atoms with E-state index in [0.29, 0.717) is 44.3 Å². The molecule has 3 rings (SSSR count). The third-order valence-electron chi connectivity index (χ3n) is 5.97. The Morgan fingerprint density at radius 2 is 1.81 bits per heavy atom. The maximum absolute atomic E-state index is 13.2. The quantitative estimate of drug-likeness (QED) is 0.646. The molecule has 1 N–H and O–H groups in total. The number of rotatable bonds is 8. The predicted molar refractivity (Wildman–Crippen MR) is 122 cm³/mol. The van der Waals surface area contributed by atoms with Crippen LogP contribution in [0.3, 0.4) is 0 Å². The van der Waals surface area contributed by atoms with Gasteiger partial charge in [-0.05, 0) is 50.0 Å². The van der Waals surface area contributed by atoms with E-state index >= 15 is 0 Å². The number of nitrogens with one attached hydrogen (secondary N) is 1. The minimum Gasteiger partial charge on any atom is -0.378 e. The van der Waals surface area contributed by atoms with E-state index in [4.69, 9.17) is 4.74 Å². The number of hydrogen-bond acceptors (Lipinski definition) is 6. The summed E-state index contributed by atoms with van der Waals surface area (Å²) in [5.41, 5.74) is 1.15. The first-order valence-corrected chi connectivity index (χ1v) is 12.6. The van der Waals surface area contributed by atoms with E-state index in [-0.39, 0.29) is 10.8 Å². The van der Waals surface area contributed by atoms with Crippen LogP contribution in [0.1, 0.15) is 36.5 Å². The van der Waals surface area contributed by atoms with Gasteiger partial charge in [-0.2, -0.15) is 0 Å². The van der Waals surface area contributed by atoms with Crippen molar-refractivity contribution in [1.29, 1.82) is 0 Å². The van der Waals surface area contributed by atoms with E-state index < -0.39 is 10.0 Å². The summed E-state index contributed by atoms with van der Waals surface area (Å²) in [6.07, 6.45) is 3.79. The molecule has 0 aromatic heterocycles. The topological polar surface area (TPSA) is 82.2 Å². The number of piperidine rings is 1. The summed E-state index contributed by atoms with van der Waals surface area (Å²) in [4.78, 5) is 17.8. The molecule has 0 aliphatic carbocycles. The van der Waals surface area contributed by atoms with Gasteiger partial charge >= 0.3 is 0 Å². The van der Waals surface area contributed by atoms with Gasteiger partial charge in [0.15, 0.2) is 0 Å². The molecule has 0 spiro atoms. The highest BCUT2D eigenvalue weighted by Gasteiger charge is 2.24. The summed E-state index contributed by atoms with van der Waals surface area (Å²) in [5.74, 6) is 0.0883. The first-order chi connectivity index (χ1) is 14.8. The summed E-state index contributed by atoms with van der Waals surface area (Å²) in [7, 11) is -0.641. The summed E-state index contributed by atoms with van der Waals surface area (Å²) in [6.45, 7) is 8.45. The van der Waals surface area contributed by atoms with Crippen LogP contribution in [0, 0.1) is 5.92 Å². The molecule has 0 radical (unpaired) electrons. The fourth-order valence-electron chi connectivity index (χ4n) is 4.16. The normalized spacial score (nSPS) is 19.4. The highest BCUT2D eigenvalue weighted by atomic mass is 32.2. The number of carbonyl (C=O) groups excluding carboxylic acids is 1. The monoisotopic (exact) mass is 452 g/mol. The summed E-state index contributed by atoms with van der Waals surface area (Å²) in [5, 5.41) is 3.04. The zero-order valence-corrected chi connectivity index (χ0v) is 19.8. The number of hydrogen-bond donors (Lipinski definition) is 1. The Morgan fingerprint density at radius 1 is 1.13 bits per heavy atom. The third-order valence-corrected chi connectivity index (χ3v) is 7.78. The lowest BCUT2D eigenvalue weighted by atomic mass is 10.1. The van der Waals surface area contributed by atoms with Crippen LogP contribution in [0.15, 0.2) is 23.1 Å². The van der Waals surface area contributed by atoms with Gasteiger partial charge in [-0.3, -0.25) is 4.79 Å². The zero-order chi connectivity index (χ0) is 22.4. The molecule has 9 heteroatoms. The minimum absolute atomic E-state index is 0.126. The van der Waals surface area contributed by atoms with Crippen LogP contribution in [0.25, 0.3) is 0 Å². The molecule has 1 atom stereocenters. The molecule has 31 heavy (non-hydrogen) atoms. The van der Waals surface area contributed by atoms with Crippen LogP contribution in [0.2, 0.25) is 0 Å². The molecule has 2 fully saturated rings. The maximum Gasteiger partial charge on any atom is 0.253 e. The van der Waals surface area contributed by atoms with Gasteiger partial charge < -0.3 is 19.9 Å². The molecule has 174 valence electrons. The van der Waals surface area contributed by atoms with E-state index in [9.17, 15) is 13.2 Å². The minimum atomic E-state index is -3.63. The van der Waals surface area contributed by atoms with Crippen LogP contribution in [0.4, 0.5) is 5.69 Å². The second-order valence-corrected chi connectivity index (χ2v) is 10.9. The molecular formula is C22H36N4O4S. The van der Waals surface area contributed by atoms with Gasteiger partial charge in [-0.15, -0.1) is 0 Å². The first kappa shape index (κ1) is 24.0. The number of benzene rings is 1. The molecule has 2 heterocycles. The van der Waals surface area contributed by atoms with Crippen molar-refractivity contribution in [2.24, 2.45) is 5.92 Å². The first-order valence-electron chi connectivity index (χ1n) is 11.2. The van der Waals surface area contributed by atoms with Crippen molar-refractivity contribution in [3.63, 3.8) is 0 Å². The van der Waals surface area contributed by atoms with E-state index in [1.54, 1.807) is 12.1 Å². The SMILES string of the molecule is CC(CNC(=O)c1cc(S(=O)(=O)N(C)C)ccc1N1CCOCC1)CN1CCCCC1. The van der Waals surface area contributed by atoms with Crippen LogP contribution in [-0.2, 0) is 14.8 Å². The van der Waals surface area contributed by atoms with Crippen LogP contribution in [-0.4, -0.2) is 90.1 Å². The largest absolute Gasteiger partial charge is 0.378 e. The van der Waals surface area contributed by atoms with Gasteiger partial charge in [0.2, 0.25) is 10.0 Å². The molecule has 1 amide bonds. The van der Waals surface area contributed by atoms with Crippen LogP contribution in [0.5, 0.6) is 0 Å². The van der Waals surface area contributed by atoms with Crippen molar-refractivity contribution in [3.05, 3.63) is 23.8 Å². The zero-order valence-electron chi connectivity index (χ0n) is 19.0. The third kappa shape index (κ3) is 6.19. The van der Waals surface area contributed by atoms with Crippen molar-refractivity contribution < 1.29 is 17.9 Å². The number of anilines is 1. The fraction of sp³-hybridized carbons (Fsp3) is 0.682. The van der Waals surface area contributed by atoms with Crippen molar-refractivity contribution in [3.8, 4) is 0 Å². The molecule has 1 aromatic rings. The van der Waals surface area contributed by atoms with Gasteiger partial charge in [-0.1, -0.05) is 13.3 Å². The number of carbonyl (C=O) groups is 1. The average Bonchev–Trinajstić information content (AvgIpc) is 2.78. The van der Waals surface area contributed by atoms with E-state index in [1.165, 1.54) is 43.7 Å². The Bertz CT molecular complexity index is 847. The molecule has 2 saturated heterocycles. The molecule has 2 aliphatic rings. The number of ether oxygens (including phenoxy) is 1. The van der Waals surface area contributed by atoms with Crippen molar-refractivity contribution in [2.75, 3.05) is 71.5 Å². The van der Waals surface area contributed by atoms with Gasteiger partial charge in [0.05, 0.1) is 23.7 Å². The molecule has 2 aliphatic heterocycles. The second kappa shape index (κ2) is 10.8. The number of morpholine rings is 1. The molecular weight excluding hydrogens is 416 g/mol. The fourth-order valence-corrected chi connectivity index (χ4v) is 5.09. The van der Waals surface area contributed by atoms with Crippen molar-refractivity contribution in [2.45, 2.75) is 31.1 Å². The van der Waals surface area contributed by atoms with Gasteiger partial charge in [-0.25, -0.2) is 12.7 Å². The average molecular weight is 453 g/mol. The van der Waals surface area contributed by atoms with Gasteiger partial charge in [0.1, 0.15) is 0 Å². The van der Waals surface area contributed by atoms with Crippen molar-refractivity contribution >= 4 is 21.6 Å². The lowest BCUT2D eigenvalue weighted by Gasteiger charge is -2.31. The summed E-state index contributed by atoms with van der Waals surface area (Å²) >= 11 is 0. The molecule has 1 aromatic carbocycles. The van der Waals surface area contributed by atoms with Gasteiger partial charge in [0.25, 0.3) is 5.91 Å². The molecule has 8 nitrogen and oxygen atoms in total. The standard InChI is InChI=1S/C22H36N4O4S/c1-18(17-25-9-5-4-6-10-25)16-23-22(27)20-15-19(31(28,29)24(2)3)7-8-21(20)26-11-13-30-14-12-26/h7-8,15,18H,4-6,9-14,16-17H2,1-3H3,(H,23,27). The van der Waals surface area contributed by atoms with E-state index in [2.05, 4.69) is 22.0 Å². The molecule has 0 saturated carbocycles. The summed E-state index contributed by atoms with van der Waals surface area (Å²) < 4.78 is 31.9. The highest BCUT2D eigenvalue weighted by Crippen LogP contribution is 2.26. The predicted octanol–water partition coefficient (Wildman–Crippen LogP) is 1.63. The Hall–Kier alpha value is -1.68. The Kier molecular flexibility index (Phi) is 8.32. The van der Waals surface area contributed by atoms with Gasteiger partial charge in [0, 0.05) is 46.0 Å². The van der Waals surface area contributed by atoms with E-state index in [1.807, 2.05) is 0 Å². The highest BCUT2D eigenvalue weighted by molar-refractivity contribution is 7.89. The number of amides is 1. The summed E-state index contributed by atoms with van der Waals surface area (Å²) in [6, 6.07) is 4.83. The number of likely N-dealkylation sites (tertiary alicyclic amines) is 1.